The lowest BCUT2D eigenvalue weighted by molar-refractivity contribution is 0.554. The van der Waals surface area contributed by atoms with Gasteiger partial charge in [-0.1, -0.05) is 29.8 Å². The normalized spacial score (nSPS) is 13.0. The third-order valence-electron chi connectivity index (χ3n) is 0.726. The Labute approximate surface area is 57.1 Å². The smallest absolute Gasteiger partial charge is 0.211 e. The minimum absolute atomic E-state index is 0.0694. The summed E-state index contributed by atoms with van der Waals surface area (Å²) in [5, 5.41) is 0. The van der Waals surface area contributed by atoms with Crippen molar-refractivity contribution in [2.45, 2.75) is 18.8 Å². The van der Waals surface area contributed by atoms with Crippen LogP contribution in [-0.4, -0.2) is 11.0 Å². The Morgan fingerprint density at radius 1 is 1.62 bits per heavy atom. The molecule has 0 radical (unpaired) electrons. The van der Waals surface area contributed by atoms with E-state index in [1.54, 1.807) is 0 Å². The number of rotatable bonds is 2. The van der Waals surface area contributed by atoms with E-state index in [-0.39, 0.29) is 4.95 Å². The summed E-state index contributed by atoms with van der Waals surface area (Å²) in [5.74, 6) is 0.358. The molecule has 2 nitrogen and oxygen atoms in total. The van der Waals surface area contributed by atoms with Crippen molar-refractivity contribution in [3.05, 3.63) is 0 Å². The lowest BCUT2D eigenvalue weighted by Gasteiger charge is -2.02. The van der Waals surface area contributed by atoms with Crippen LogP contribution in [0, 0.1) is 5.92 Å². The molecule has 0 aromatic rings. The average molecular weight is 178 g/mol. The Morgan fingerprint density at radius 2 is 2.12 bits per heavy atom. The Kier molecular flexibility index (Phi) is 3.75. The van der Waals surface area contributed by atoms with E-state index in [4.69, 9.17) is 0 Å². The molecule has 0 aromatic carbocycles. The second-order valence-electron chi connectivity index (χ2n) is 1.84. The highest BCUT2D eigenvalue weighted by molar-refractivity contribution is 9.09. The van der Waals surface area contributed by atoms with E-state index >= 15 is 0 Å². The predicted octanol–water partition coefficient (Wildman–Crippen LogP) is 1.70. The van der Waals surface area contributed by atoms with Crippen LogP contribution in [0.1, 0.15) is 13.8 Å². The van der Waals surface area contributed by atoms with E-state index in [0.717, 1.165) is 0 Å². The molecule has 0 amide bonds. The van der Waals surface area contributed by atoms with Crippen molar-refractivity contribution in [2.24, 2.45) is 10.9 Å². The molecule has 0 bridgehead atoms. The van der Waals surface area contributed by atoms with Crippen LogP contribution in [0.25, 0.3) is 0 Å². The molecule has 0 heterocycles. The van der Waals surface area contributed by atoms with Gasteiger partial charge in [-0.2, -0.15) is 4.99 Å². The fourth-order valence-corrected chi connectivity index (χ4v) is 0.283. The van der Waals surface area contributed by atoms with E-state index in [9.17, 15) is 4.79 Å². The van der Waals surface area contributed by atoms with Crippen LogP contribution in [0.2, 0.25) is 0 Å². The third kappa shape index (κ3) is 2.94. The first-order chi connectivity index (χ1) is 3.68. The van der Waals surface area contributed by atoms with E-state index in [2.05, 4.69) is 20.9 Å². The van der Waals surface area contributed by atoms with E-state index in [0.29, 0.717) is 5.92 Å². The first-order valence-electron chi connectivity index (χ1n) is 2.39. The summed E-state index contributed by atoms with van der Waals surface area (Å²) in [7, 11) is 0. The van der Waals surface area contributed by atoms with Crippen LogP contribution in [0.4, 0.5) is 0 Å². The molecule has 0 aliphatic heterocycles. The zero-order valence-electron chi connectivity index (χ0n) is 4.89. The lowest BCUT2D eigenvalue weighted by atomic mass is 10.2. The molecule has 0 N–H and O–H groups in total. The Morgan fingerprint density at radius 3 is 2.25 bits per heavy atom. The van der Waals surface area contributed by atoms with Gasteiger partial charge in [0, 0.05) is 0 Å². The summed E-state index contributed by atoms with van der Waals surface area (Å²) in [4.78, 5) is 13.0. The SMILES string of the molecule is CC(C)C(Br)N=C=O. The standard InChI is InChI=1S/C5H8BrNO/c1-4(2)5(6)7-3-8/h4-5H,1-2H3. The van der Waals surface area contributed by atoms with Crippen LogP contribution in [-0.2, 0) is 4.79 Å². The molecule has 0 saturated carbocycles. The van der Waals surface area contributed by atoms with Crippen molar-refractivity contribution < 1.29 is 4.79 Å². The van der Waals surface area contributed by atoms with Gasteiger partial charge in [0.05, 0.1) is 0 Å². The van der Waals surface area contributed by atoms with Gasteiger partial charge in [-0.25, -0.2) is 4.79 Å². The molecule has 46 valence electrons. The highest BCUT2D eigenvalue weighted by atomic mass is 79.9. The number of nitrogens with zero attached hydrogens (tertiary/aromatic N) is 1. The zero-order chi connectivity index (χ0) is 6.57. The van der Waals surface area contributed by atoms with Crippen LogP contribution in [0.15, 0.2) is 4.99 Å². The molecule has 3 heteroatoms. The van der Waals surface area contributed by atoms with Crippen LogP contribution >= 0.6 is 15.9 Å². The van der Waals surface area contributed by atoms with Gasteiger partial charge in [-0.3, -0.25) is 0 Å². The van der Waals surface area contributed by atoms with Crippen molar-refractivity contribution in [3.8, 4) is 0 Å². The van der Waals surface area contributed by atoms with Gasteiger partial charge >= 0.3 is 0 Å². The van der Waals surface area contributed by atoms with E-state index in [1.807, 2.05) is 13.8 Å². The van der Waals surface area contributed by atoms with Crippen molar-refractivity contribution >= 4 is 22.0 Å². The molecule has 0 aromatic heterocycles. The van der Waals surface area contributed by atoms with Crippen molar-refractivity contribution in [1.82, 2.24) is 0 Å². The lowest BCUT2D eigenvalue weighted by Crippen LogP contribution is -2.01. The minimum Gasteiger partial charge on any atom is -0.211 e. The quantitative estimate of drug-likeness (QED) is 0.274. The Balaban J connectivity index is 3.63. The third-order valence-corrected chi connectivity index (χ3v) is 1.99. The number of carbonyl (C=O) groups excluding carboxylic acids is 1. The Bertz CT molecular complexity index is 107. The number of hydrogen-bond acceptors (Lipinski definition) is 2. The van der Waals surface area contributed by atoms with Crippen LogP contribution in [0.3, 0.4) is 0 Å². The van der Waals surface area contributed by atoms with Gasteiger partial charge in [0.2, 0.25) is 6.08 Å². The van der Waals surface area contributed by atoms with Crippen LogP contribution in [0.5, 0.6) is 0 Å². The van der Waals surface area contributed by atoms with Crippen molar-refractivity contribution in [3.63, 3.8) is 0 Å². The number of isocyanates is 1. The van der Waals surface area contributed by atoms with Crippen LogP contribution < -0.4 is 0 Å². The molecule has 0 rings (SSSR count). The van der Waals surface area contributed by atoms with Gasteiger partial charge in [-0.05, 0) is 5.92 Å². The van der Waals surface area contributed by atoms with Gasteiger partial charge in [0.25, 0.3) is 0 Å². The maximum absolute atomic E-state index is 9.60. The van der Waals surface area contributed by atoms with Crippen molar-refractivity contribution in [1.29, 1.82) is 0 Å². The maximum atomic E-state index is 9.60. The van der Waals surface area contributed by atoms with Gasteiger partial charge in [0.1, 0.15) is 4.95 Å². The molecule has 0 saturated heterocycles. The summed E-state index contributed by atoms with van der Waals surface area (Å²) in [6, 6.07) is 0. The average Bonchev–Trinajstić information content (AvgIpc) is 1.67. The van der Waals surface area contributed by atoms with Crippen molar-refractivity contribution in [2.75, 3.05) is 0 Å². The Hall–Kier alpha value is -0.140. The van der Waals surface area contributed by atoms with Gasteiger partial charge in [0.15, 0.2) is 0 Å². The summed E-state index contributed by atoms with van der Waals surface area (Å²) < 4.78 is 0. The number of halogens is 1. The largest absolute Gasteiger partial charge is 0.236 e. The molecular weight excluding hydrogens is 170 g/mol. The second kappa shape index (κ2) is 3.81. The first kappa shape index (κ1) is 7.86. The van der Waals surface area contributed by atoms with E-state index < -0.39 is 0 Å². The van der Waals surface area contributed by atoms with Gasteiger partial charge in [-0.15, -0.1) is 0 Å². The zero-order valence-corrected chi connectivity index (χ0v) is 6.47. The number of alkyl halides is 1. The minimum atomic E-state index is -0.0694. The summed E-state index contributed by atoms with van der Waals surface area (Å²) in [6.45, 7) is 3.94. The monoisotopic (exact) mass is 177 g/mol. The maximum Gasteiger partial charge on any atom is 0.236 e. The molecule has 0 spiro atoms. The highest BCUT2D eigenvalue weighted by Gasteiger charge is 2.04. The van der Waals surface area contributed by atoms with E-state index in [1.165, 1.54) is 6.08 Å². The van der Waals surface area contributed by atoms with Gasteiger partial charge < -0.3 is 0 Å². The predicted molar refractivity (Wildman–Crippen MR) is 35.7 cm³/mol. The number of hydrogen-bond donors (Lipinski definition) is 0. The fourth-order valence-electron chi connectivity index (χ4n) is 0.199. The second-order valence-corrected chi connectivity index (χ2v) is 2.78. The summed E-state index contributed by atoms with van der Waals surface area (Å²) in [5.41, 5.74) is 0. The fraction of sp³-hybridized carbons (Fsp3) is 0.800. The molecular formula is C5H8BrNO. The molecule has 0 aliphatic carbocycles. The summed E-state index contributed by atoms with van der Waals surface area (Å²) >= 11 is 3.17. The summed E-state index contributed by atoms with van der Waals surface area (Å²) in [6.07, 6.45) is 1.48. The molecule has 1 atom stereocenters. The molecule has 0 aliphatic rings. The molecule has 8 heavy (non-hydrogen) atoms. The number of aliphatic imine (C=N–C) groups is 1. The first-order valence-corrected chi connectivity index (χ1v) is 3.31. The topological polar surface area (TPSA) is 29.4 Å². The highest BCUT2D eigenvalue weighted by Crippen LogP contribution is 2.11. The molecule has 1 unspecified atom stereocenters. The molecule has 0 fully saturated rings.